The summed E-state index contributed by atoms with van der Waals surface area (Å²) in [7, 11) is 0. The van der Waals surface area contributed by atoms with Crippen molar-refractivity contribution in [3.8, 4) is 0 Å². The van der Waals surface area contributed by atoms with Crippen molar-refractivity contribution in [2.45, 2.75) is 26.2 Å². The van der Waals surface area contributed by atoms with Crippen molar-refractivity contribution in [3.05, 3.63) is 35.3 Å². The largest absolute Gasteiger partial charge is 0.312 e. The van der Waals surface area contributed by atoms with Gasteiger partial charge in [0.25, 0.3) is 0 Å². The zero-order chi connectivity index (χ0) is 16.4. The number of anilines is 2. The third-order valence-corrected chi connectivity index (χ3v) is 4.54. The summed E-state index contributed by atoms with van der Waals surface area (Å²) < 4.78 is 0. The number of aromatic nitrogens is 2. The second kappa shape index (κ2) is 6.45. The molecule has 7 heteroatoms. The van der Waals surface area contributed by atoms with Gasteiger partial charge in [0.2, 0.25) is 16.9 Å². The summed E-state index contributed by atoms with van der Waals surface area (Å²) in [5.41, 5.74) is 3.59. The zero-order valence-electron chi connectivity index (χ0n) is 13.0. The van der Waals surface area contributed by atoms with E-state index in [0.29, 0.717) is 17.6 Å². The van der Waals surface area contributed by atoms with E-state index in [1.807, 2.05) is 24.3 Å². The normalized spacial score (nSPS) is 17.8. The van der Waals surface area contributed by atoms with Gasteiger partial charge in [-0.15, -0.1) is 10.2 Å². The van der Waals surface area contributed by atoms with Crippen LogP contribution in [0, 0.1) is 5.92 Å². The first-order valence-corrected chi connectivity index (χ1v) is 8.40. The Balaban J connectivity index is 1.72. The highest BCUT2D eigenvalue weighted by Crippen LogP contribution is 2.28. The van der Waals surface area contributed by atoms with E-state index in [4.69, 9.17) is 0 Å². The van der Waals surface area contributed by atoms with Crippen LogP contribution in [0.3, 0.4) is 0 Å². The number of carbonyl (C=O) groups excluding carboxylic acids is 2. The fourth-order valence-corrected chi connectivity index (χ4v) is 3.07. The molecular weight excluding hydrogens is 312 g/mol. The minimum atomic E-state index is -0.367. The van der Waals surface area contributed by atoms with Crippen LogP contribution >= 0.6 is 11.3 Å². The second-order valence-electron chi connectivity index (χ2n) is 5.89. The third kappa shape index (κ3) is 3.39. The van der Waals surface area contributed by atoms with Gasteiger partial charge in [0, 0.05) is 18.7 Å². The number of rotatable bonds is 4. The number of amides is 2. The molecule has 120 valence electrons. The molecule has 1 N–H and O–H groups in total. The Morgan fingerprint density at radius 2 is 2.26 bits per heavy atom. The molecule has 1 aromatic heterocycles. The molecule has 2 heterocycles. The summed E-state index contributed by atoms with van der Waals surface area (Å²) in [5.74, 6) is -0.181. The molecule has 0 aliphatic carbocycles. The van der Waals surface area contributed by atoms with Crippen molar-refractivity contribution in [1.29, 1.82) is 0 Å². The number of nitrogens with one attached hydrogen (secondary N) is 1. The molecule has 6 nitrogen and oxygen atoms in total. The van der Waals surface area contributed by atoms with Crippen molar-refractivity contribution in [3.63, 3.8) is 0 Å². The fraction of sp³-hybridized carbons (Fsp3) is 0.375. The van der Waals surface area contributed by atoms with E-state index in [1.54, 1.807) is 10.4 Å². The van der Waals surface area contributed by atoms with Gasteiger partial charge in [0.15, 0.2) is 0 Å². The summed E-state index contributed by atoms with van der Waals surface area (Å²) in [5, 5.41) is 10.6. The molecule has 2 aromatic rings. The first kappa shape index (κ1) is 15.6. The number of hydrogen-bond donors (Lipinski definition) is 1. The number of hydrogen-bond acceptors (Lipinski definition) is 5. The van der Waals surface area contributed by atoms with E-state index in [2.05, 4.69) is 29.4 Å². The zero-order valence-corrected chi connectivity index (χ0v) is 13.8. The molecule has 1 fully saturated rings. The van der Waals surface area contributed by atoms with E-state index in [1.165, 1.54) is 16.9 Å². The maximum atomic E-state index is 12.3. The van der Waals surface area contributed by atoms with Gasteiger partial charge >= 0.3 is 0 Å². The van der Waals surface area contributed by atoms with E-state index in [0.717, 1.165) is 5.69 Å². The summed E-state index contributed by atoms with van der Waals surface area (Å²) >= 11 is 1.26. The maximum Gasteiger partial charge on any atom is 0.231 e. The van der Waals surface area contributed by atoms with Crippen LogP contribution < -0.4 is 10.2 Å². The SMILES string of the molecule is CC(C)c1cccc(N2C[C@@H](C(=O)Nc3nncs3)CC2=O)c1. The Labute approximate surface area is 138 Å². The van der Waals surface area contributed by atoms with Gasteiger partial charge in [-0.1, -0.05) is 37.3 Å². The summed E-state index contributed by atoms with van der Waals surface area (Å²) in [4.78, 5) is 26.2. The van der Waals surface area contributed by atoms with E-state index >= 15 is 0 Å². The smallest absolute Gasteiger partial charge is 0.231 e. The molecule has 0 spiro atoms. The summed E-state index contributed by atoms with van der Waals surface area (Å²) in [6.07, 6.45) is 0.219. The van der Waals surface area contributed by atoms with E-state index in [-0.39, 0.29) is 24.2 Å². The Bertz CT molecular complexity index is 715. The number of carbonyl (C=O) groups is 2. The molecular formula is C16H18N4O2S. The lowest BCUT2D eigenvalue weighted by atomic mass is 10.0. The van der Waals surface area contributed by atoms with Gasteiger partial charge < -0.3 is 10.2 Å². The van der Waals surface area contributed by atoms with Crippen LogP contribution in [-0.2, 0) is 9.59 Å². The first-order valence-electron chi connectivity index (χ1n) is 7.52. The molecule has 0 radical (unpaired) electrons. The molecule has 1 aliphatic heterocycles. The first-order chi connectivity index (χ1) is 11.0. The molecule has 2 amide bonds. The fourth-order valence-electron chi connectivity index (χ4n) is 2.62. The lowest BCUT2D eigenvalue weighted by Gasteiger charge is -2.18. The van der Waals surface area contributed by atoms with E-state index in [9.17, 15) is 9.59 Å². The molecule has 0 bridgehead atoms. The predicted octanol–water partition coefficient (Wildman–Crippen LogP) is 2.65. The van der Waals surface area contributed by atoms with Crippen LogP contribution in [0.4, 0.5) is 10.8 Å². The van der Waals surface area contributed by atoms with Crippen LogP contribution in [0.1, 0.15) is 31.7 Å². The Kier molecular flexibility index (Phi) is 4.38. The lowest BCUT2D eigenvalue weighted by molar-refractivity contribution is -0.122. The van der Waals surface area contributed by atoms with Gasteiger partial charge in [-0.05, 0) is 23.6 Å². The highest BCUT2D eigenvalue weighted by molar-refractivity contribution is 7.13. The average Bonchev–Trinajstić information content (AvgIpc) is 3.17. The predicted molar refractivity (Wildman–Crippen MR) is 89.5 cm³/mol. The number of nitrogens with zero attached hydrogens (tertiary/aromatic N) is 3. The molecule has 3 rings (SSSR count). The lowest BCUT2D eigenvalue weighted by Crippen LogP contribution is -2.28. The average molecular weight is 330 g/mol. The van der Waals surface area contributed by atoms with Crippen molar-refractivity contribution in [2.75, 3.05) is 16.8 Å². The van der Waals surface area contributed by atoms with Crippen LogP contribution in [0.2, 0.25) is 0 Å². The summed E-state index contributed by atoms with van der Waals surface area (Å²) in [6.45, 7) is 4.62. The van der Waals surface area contributed by atoms with Crippen molar-refractivity contribution >= 4 is 34.0 Å². The quantitative estimate of drug-likeness (QED) is 0.935. The number of benzene rings is 1. The molecule has 1 atom stereocenters. The Hall–Kier alpha value is -2.28. The highest BCUT2D eigenvalue weighted by atomic mass is 32.1. The van der Waals surface area contributed by atoms with Crippen LogP contribution in [0.15, 0.2) is 29.8 Å². The Morgan fingerprint density at radius 1 is 1.43 bits per heavy atom. The van der Waals surface area contributed by atoms with E-state index < -0.39 is 0 Å². The molecule has 0 saturated carbocycles. The van der Waals surface area contributed by atoms with Gasteiger partial charge in [0.1, 0.15) is 5.51 Å². The molecule has 23 heavy (non-hydrogen) atoms. The van der Waals surface area contributed by atoms with Gasteiger partial charge in [-0.3, -0.25) is 9.59 Å². The van der Waals surface area contributed by atoms with Crippen LogP contribution in [0.5, 0.6) is 0 Å². The van der Waals surface area contributed by atoms with Crippen molar-refractivity contribution in [2.24, 2.45) is 5.92 Å². The third-order valence-electron chi connectivity index (χ3n) is 3.93. The maximum absolute atomic E-state index is 12.3. The van der Waals surface area contributed by atoms with Crippen LogP contribution in [0.25, 0.3) is 0 Å². The summed E-state index contributed by atoms with van der Waals surface area (Å²) in [6, 6.07) is 7.93. The topological polar surface area (TPSA) is 75.2 Å². The van der Waals surface area contributed by atoms with Gasteiger partial charge in [-0.2, -0.15) is 0 Å². The molecule has 1 aliphatic rings. The van der Waals surface area contributed by atoms with Gasteiger partial charge in [-0.25, -0.2) is 0 Å². The van der Waals surface area contributed by atoms with Crippen LogP contribution in [-0.4, -0.2) is 28.6 Å². The Morgan fingerprint density at radius 3 is 2.96 bits per heavy atom. The second-order valence-corrected chi connectivity index (χ2v) is 6.72. The molecule has 1 aromatic carbocycles. The standard InChI is InChI=1S/C16H18N4O2S/c1-10(2)11-4-3-5-13(6-11)20-8-12(7-14(20)21)15(22)18-16-19-17-9-23-16/h3-6,9-10,12H,7-8H2,1-2H3,(H,18,19,22)/t12-/m0/s1. The minimum Gasteiger partial charge on any atom is -0.312 e. The molecule has 1 saturated heterocycles. The van der Waals surface area contributed by atoms with Crippen molar-refractivity contribution in [1.82, 2.24) is 10.2 Å². The minimum absolute atomic E-state index is 0.0247. The monoisotopic (exact) mass is 330 g/mol. The molecule has 0 unspecified atom stereocenters. The van der Waals surface area contributed by atoms with Crippen molar-refractivity contribution < 1.29 is 9.59 Å². The highest BCUT2D eigenvalue weighted by Gasteiger charge is 2.35. The van der Waals surface area contributed by atoms with Gasteiger partial charge in [0.05, 0.1) is 5.92 Å².